The Morgan fingerprint density at radius 1 is 0.970 bits per heavy atom. The second kappa shape index (κ2) is 8.71. The van der Waals surface area contributed by atoms with Crippen LogP contribution < -0.4 is 5.56 Å². The molecule has 0 radical (unpaired) electrons. The number of benzene rings is 2. The summed E-state index contributed by atoms with van der Waals surface area (Å²) in [4.78, 5) is 22.9. The molecule has 0 aliphatic rings. The molecule has 0 unspecified atom stereocenters. The molecule has 0 fully saturated rings. The molecular weight excluding hydrogens is 434 g/mol. The smallest absolute Gasteiger partial charge is 0.278 e. The topological polar surface area (TPSA) is 78.7 Å². The van der Waals surface area contributed by atoms with E-state index in [1.807, 2.05) is 92.3 Å². The fourth-order valence-corrected chi connectivity index (χ4v) is 4.82. The van der Waals surface area contributed by atoms with Crippen molar-refractivity contribution in [2.24, 2.45) is 7.05 Å². The van der Waals surface area contributed by atoms with Crippen LogP contribution in [-0.4, -0.2) is 24.3 Å². The molecule has 33 heavy (non-hydrogen) atoms. The maximum absolute atomic E-state index is 13.5. The fourth-order valence-electron chi connectivity index (χ4n) is 3.86. The number of fused-ring (bicyclic) bond motifs is 1. The summed E-state index contributed by atoms with van der Waals surface area (Å²) in [6, 6.07) is 19.6. The molecule has 166 valence electrons. The molecule has 3 aromatic heterocycles. The van der Waals surface area contributed by atoms with Crippen LogP contribution in [0.1, 0.15) is 25.8 Å². The molecule has 0 N–H and O–H groups in total. The van der Waals surface area contributed by atoms with E-state index in [9.17, 15) is 4.79 Å². The lowest BCUT2D eigenvalue weighted by Crippen LogP contribution is -2.26. The van der Waals surface area contributed by atoms with E-state index in [1.54, 1.807) is 4.57 Å². The van der Waals surface area contributed by atoms with Gasteiger partial charge in [0.15, 0.2) is 5.16 Å². The third-order valence-electron chi connectivity index (χ3n) is 5.42. The predicted octanol–water partition coefficient (Wildman–Crippen LogP) is 5.33. The molecule has 0 amide bonds. The maximum atomic E-state index is 13.5. The van der Waals surface area contributed by atoms with Gasteiger partial charge in [-0.05, 0) is 19.4 Å². The minimum absolute atomic E-state index is 0.0467. The summed E-state index contributed by atoms with van der Waals surface area (Å²) in [6.45, 7) is 3.97. The quantitative estimate of drug-likeness (QED) is 0.253. The van der Waals surface area contributed by atoms with Gasteiger partial charge in [-0.15, -0.1) is 0 Å². The SMILES string of the molecule is CC(C)n1c(SCc2nc(-c3ccccc3)no2)nc2c(-c3ccccc3)cn(C)c2c1=O. The van der Waals surface area contributed by atoms with Crippen molar-refractivity contribution in [3.63, 3.8) is 0 Å². The molecule has 3 heterocycles. The lowest BCUT2D eigenvalue weighted by molar-refractivity contribution is 0.391. The largest absolute Gasteiger partial charge is 0.344 e. The zero-order valence-electron chi connectivity index (χ0n) is 18.6. The fraction of sp³-hybridized carbons (Fsp3) is 0.200. The summed E-state index contributed by atoms with van der Waals surface area (Å²) >= 11 is 1.43. The van der Waals surface area contributed by atoms with Crippen molar-refractivity contribution in [1.82, 2.24) is 24.3 Å². The van der Waals surface area contributed by atoms with Crippen molar-refractivity contribution in [1.29, 1.82) is 0 Å². The number of hydrogen-bond acceptors (Lipinski definition) is 6. The Bertz CT molecular complexity index is 1470. The molecule has 0 aliphatic heterocycles. The third kappa shape index (κ3) is 3.98. The molecule has 5 rings (SSSR count). The number of hydrogen-bond donors (Lipinski definition) is 0. The van der Waals surface area contributed by atoms with Crippen molar-refractivity contribution < 1.29 is 4.52 Å². The molecule has 5 aromatic rings. The van der Waals surface area contributed by atoms with Crippen molar-refractivity contribution in [2.75, 3.05) is 0 Å². The van der Waals surface area contributed by atoms with Crippen LogP contribution in [0.3, 0.4) is 0 Å². The lowest BCUT2D eigenvalue weighted by atomic mass is 10.1. The van der Waals surface area contributed by atoms with Gasteiger partial charge in [0.1, 0.15) is 11.0 Å². The van der Waals surface area contributed by atoms with Crippen LogP contribution in [0.4, 0.5) is 0 Å². The predicted molar refractivity (Wildman–Crippen MR) is 130 cm³/mol. The van der Waals surface area contributed by atoms with Crippen molar-refractivity contribution in [3.8, 4) is 22.5 Å². The molecule has 2 aromatic carbocycles. The number of rotatable bonds is 6. The van der Waals surface area contributed by atoms with Crippen LogP contribution in [0, 0.1) is 0 Å². The highest BCUT2D eigenvalue weighted by molar-refractivity contribution is 7.98. The Kier molecular flexibility index (Phi) is 5.60. The van der Waals surface area contributed by atoms with Crippen molar-refractivity contribution in [2.45, 2.75) is 30.8 Å². The summed E-state index contributed by atoms with van der Waals surface area (Å²) in [5.41, 5.74) is 4.09. The van der Waals surface area contributed by atoms with Gasteiger partial charge < -0.3 is 9.09 Å². The van der Waals surface area contributed by atoms with Crippen molar-refractivity contribution >= 4 is 22.8 Å². The van der Waals surface area contributed by atoms with Gasteiger partial charge in [0, 0.05) is 30.4 Å². The van der Waals surface area contributed by atoms with Gasteiger partial charge in [-0.25, -0.2) is 4.98 Å². The Morgan fingerprint density at radius 2 is 1.64 bits per heavy atom. The molecular formula is C25H23N5O2S. The Balaban J connectivity index is 1.54. The molecule has 0 spiro atoms. The van der Waals surface area contributed by atoms with E-state index < -0.39 is 0 Å². The van der Waals surface area contributed by atoms with Gasteiger partial charge in [-0.1, -0.05) is 77.6 Å². The van der Waals surface area contributed by atoms with Gasteiger partial charge in [-0.2, -0.15) is 4.98 Å². The highest BCUT2D eigenvalue weighted by Gasteiger charge is 2.21. The normalized spacial score (nSPS) is 11.5. The number of nitrogens with zero attached hydrogens (tertiary/aromatic N) is 5. The van der Waals surface area contributed by atoms with Gasteiger partial charge in [0.05, 0.1) is 5.75 Å². The Labute approximate surface area is 195 Å². The maximum Gasteiger partial charge on any atom is 0.278 e. The standard InChI is InChI=1S/C25H23N5O2S/c1-16(2)30-24(31)22-21(19(14-29(22)3)17-10-6-4-7-11-17)27-25(30)33-15-20-26-23(28-32-20)18-12-8-5-9-13-18/h4-14,16H,15H2,1-3H3. The molecule has 0 saturated carbocycles. The van der Waals surface area contributed by atoms with E-state index in [2.05, 4.69) is 10.1 Å². The zero-order valence-corrected chi connectivity index (χ0v) is 19.4. The van der Waals surface area contributed by atoms with Gasteiger partial charge in [0.25, 0.3) is 5.56 Å². The van der Waals surface area contributed by atoms with E-state index in [-0.39, 0.29) is 11.6 Å². The Hall–Kier alpha value is -3.65. The number of aromatic nitrogens is 5. The van der Waals surface area contributed by atoms with E-state index in [0.717, 1.165) is 16.7 Å². The first-order valence-corrected chi connectivity index (χ1v) is 11.7. The Morgan fingerprint density at radius 3 is 2.30 bits per heavy atom. The number of aryl methyl sites for hydroxylation is 1. The first kappa shape index (κ1) is 21.2. The average molecular weight is 458 g/mol. The number of thioether (sulfide) groups is 1. The summed E-state index contributed by atoms with van der Waals surface area (Å²) < 4.78 is 9.05. The second-order valence-electron chi connectivity index (χ2n) is 8.05. The van der Waals surface area contributed by atoms with E-state index in [4.69, 9.17) is 9.51 Å². The minimum Gasteiger partial charge on any atom is -0.344 e. The van der Waals surface area contributed by atoms with Gasteiger partial charge in [-0.3, -0.25) is 9.36 Å². The summed E-state index contributed by atoms with van der Waals surface area (Å²) in [5.74, 6) is 1.45. The lowest BCUT2D eigenvalue weighted by Gasteiger charge is -2.15. The van der Waals surface area contributed by atoms with Gasteiger partial charge in [0.2, 0.25) is 11.7 Å². The first-order valence-electron chi connectivity index (χ1n) is 10.7. The monoisotopic (exact) mass is 457 g/mol. The summed E-state index contributed by atoms with van der Waals surface area (Å²) in [6.07, 6.45) is 1.97. The van der Waals surface area contributed by atoms with E-state index in [1.165, 1.54) is 11.8 Å². The highest BCUT2D eigenvalue weighted by Crippen LogP contribution is 2.31. The molecule has 7 nitrogen and oxygen atoms in total. The van der Waals surface area contributed by atoms with E-state index in [0.29, 0.717) is 33.7 Å². The van der Waals surface area contributed by atoms with Crippen LogP contribution in [0.15, 0.2) is 81.3 Å². The zero-order chi connectivity index (χ0) is 22.9. The van der Waals surface area contributed by atoms with Crippen molar-refractivity contribution in [3.05, 3.63) is 83.1 Å². The molecule has 0 atom stereocenters. The van der Waals surface area contributed by atoms with Gasteiger partial charge >= 0.3 is 0 Å². The summed E-state index contributed by atoms with van der Waals surface area (Å²) in [7, 11) is 1.89. The van der Waals surface area contributed by atoms with Crippen LogP contribution in [-0.2, 0) is 12.8 Å². The molecule has 8 heteroatoms. The van der Waals surface area contributed by atoms with Crippen LogP contribution in [0.5, 0.6) is 0 Å². The minimum atomic E-state index is -0.0577. The second-order valence-corrected chi connectivity index (χ2v) is 8.99. The molecule has 0 aliphatic carbocycles. The third-order valence-corrected chi connectivity index (χ3v) is 6.35. The van der Waals surface area contributed by atoms with Crippen LogP contribution in [0.2, 0.25) is 0 Å². The van der Waals surface area contributed by atoms with E-state index >= 15 is 0 Å². The highest BCUT2D eigenvalue weighted by atomic mass is 32.2. The molecule has 0 bridgehead atoms. The van der Waals surface area contributed by atoms with Crippen LogP contribution in [0.25, 0.3) is 33.5 Å². The molecule has 0 saturated heterocycles. The van der Waals surface area contributed by atoms with Crippen LogP contribution >= 0.6 is 11.8 Å². The average Bonchev–Trinajstić information content (AvgIpc) is 3.43. The summed E-state index contributed by atoms with van der Waals surface area (Å²) in [5, 5.41) is 4.72. The first-order chi connectivity index (χ1) is 16.0.